The first-order valence-electron chi connectivity index (χ1n) is 21.8. The Labute approximate surface area is 386 Å². The van der Waals surface area contributed by atoms with Crippen LogP contribution in [-0.4, -0.2) is 117 Å². The second-order valence-electron chi connectivity index (χ2n) is 16.0. The van der Waals surface area contributed by atoms with Crippen molar-refractivity contribution in [3.8, 4) is 11.5 Å². The van der Waals surface area contributed by atoms with Gasteiger partial charge in [-0.1, -0.05) is 60.7 Å². The molecule has 4 rings (SSSR count). The first kappa shape index (κ1) is 58.4. The lowest BCUT2D eigenvalue weighted by Crippen LogP contribution is -2.21. The number of ether oxygens (including phenoxy) is 3. The highest BCUT2D eigenvalue weighted by atomic mass is 19.4. The summed E-state index contributed by atoms with van der Waals surface area (Å²) in [6, 6.07) is 8.76. The van der Waals surface area contributed by atoms with E-state index in [1.165, 1.54) is 43.5 Å². The summed E-state index contributed by atoms with van der Waals surface area (Å²) in [5, 5.41) is 76.9. The van der Waals surface area contributed by atoms with Crippen molar-refractivity contribution < 1.29 is 91.0 Å². The molecule has 0 radical (unpaired) electrons. The monoisotopic (exact) mass is 962 g/mol. The van der Waals surface area contributed by atoms with Crippen molar-refractivity contribution in [2.75, 3.05) is 27.4 Å². The van der Waals surface area contributed by atoms with Crippen molar-refractivity contribution in [1.82, 2.24) is 0 Å². The number of halogens is 6. The number of rotatable bonds is 22. The zero-order chi connectivity index (χ0) is 50.2. The molecule has 2 aliphatic rings. The van der Waals surface area contributed by atoms with Gasteiger partial charge in [0.1, 0.15) is 36.9 Å². The second kappa shape index (κ2) is 29.9. The van der Waals surface area contributed by atoms with Gasteiger partial charge >= 0.3 is 24.3 Å². The highest BCUT2D eigenvalue weighted by Crippen LogP contribution is 2.38. The molecule has 2 saturated carbocycles. The molecule has 2 aliphatic carbocycles. The third-order valence-corrected chi connectivity index (χ3v) is 11.0. The molecule has 67 heavy (non-hydrogen) atoms. The molecule has 376 valence electrons. The Hall–Kier alpha value is -4.76. The molecule has 0 spiro atoms. The maximum atomic E-state index is 12.8. The Morgan fingerprint density at radius 1 is 0.657 bits per heavy atom. The Morgan fingerprint density at radius 2 is 1.06 bits per heavy atom. The van der Waals surface area contributed by atoms with Crippen LogP contribution >= 0.6 is 0 Å². The van der Waals surface area contributed by atoms with Crippen LogP contribution in [0.2, 0.25) is 0 Å². The number of aliphatic carboxylic acids is 1. The zero-order valence-corrected chi connectivity index (χ0v) is 37.4. The van der Waals surface area contributed by atoms with Gasteiger partial charge < -0.3 is 55.1 Å². The lowest BCUT2D eigenvalue weighted by Gasteiger charge is -2.19. The molecular weight excluding hydrogens is 899 g/mol. The summed E-state index contributed by atoms with van der Waals surface area (Å²) in [5.74, 6) is -2.46. The van der Waals surface area contributed by atoms with Crippen LogP contribution in [0.15, 0.2) is 97.1 Å². The number of hydrogen-bond acceptors (Lipinski definition) is 12. The third kappa shape index (κ3) is 21.8. The van der Waals surface area contributed by atoms with E-state index in [1.807, 2.05) is 24.3 Å². The van der Waals surface area contributed by atoms with E-state index >= 15 is 0 Å². The molecule has 0 unspecified atom stereocenters. The van der Waals surface area contributed by atoms with E-state index in [1.54, 1.807) is 12.2 Å². The van der Waals surface area contributed by atoms with Crippen LogP contribution in [0.4, 0.5) is 26.3 Å². The molecule has 2 aromatic carbocycles. The quantitative estimate of drug-likeness (QED) is 0.0263. The summed E-state index contributed by atoms with van der Waals surface area (Å²) in [6.07, 6.45) is 3.68. The molecule has 0 saturated heterocycles. The highest BCUT2D eigenvalue weighted by molar-refractivity contribution is 5.69. The van der Waals surface area contributed by atoms with Gasteiger partial charge in [0, 0.05) is 44.6 Å². The molecule has 0 aliphatic heterocycles. The number of alkyl halides is 6. The third-order valence-electron chi connectivity index (χ3n) is 11.0. The zero-order valence-electron chi connectivity index (χ0n) is 37.4. The number of unbranched alkanes of at least 4 members (excludes halogenated alkanes) is 2. The number of esters is 1. The van der Waals surface area contributed by atoms with Gasteiger partial charge in [-0.15, -0.1) is 0 Å². The van der Waals surface area contributed by atoms with Gasteiger partial charge in [0.2, 0.25) is 0 Å². The molecule has 10 atom stereocenters. The minimum atomic E-state index is -4.49. The topological polar surface area (TPSA) is 224 Å². The molecule has 13 nitrogen and oxygen atoms in total. The number of aliphatic hydroxyl groups excluding tert-OH is 7. The molecule has 2 aromatic rings. The first-order chi connectivity index (χ1) is 31.7. The van der Waals surface area contributed by atoms with Crippen molar-refractivity contribution in [2.45, 2.75) is 113 Å². The molecule has 0 amide bonds. The predicted molar refractivity (Wildman–Crippen MR) is 234 cm³/mol. The first-order valence-corrected chi connectivity index (χ1v) is 21.8. The van der Waals surface area contributed by atoms with Crippen molar-refractivity contribution in [1.29, 1.82) is 0 Å². The number of carbonyl (C=O) groups excluding carboxylic acids is 1. The number of allylic oxidation sites excluding steroid dienone is 4. The number of aliphatic hydroxyl groups is 7. The number of hydrogen-bond donors (Lipinski definition) is 8. The normalized spacial score (nSPS) is 24.0. The van der Waals surface area contributed by atoms with Crippen molar-refractivity contribution >= 4 is 11.9 Å². The molecule has 2 fully saturated rings. The van der Waals surface area contributed by atoms with Crippen LogP contribution in [0.1, 0.15) is 75.3 Å². The minimum Gasteiger partial charge on any atom is -0.491 e. The van der Waals surface area contributed by atoms with Gasteiger partial charge in [0.15, 0.2) is 0 Å². The Balaban J connectivity index is 0.000000444. The summed E-state index contributed by atoms with van der Waals surface area (Å²) in [5.41, 5.74) is -1.68. The van der Waals surface area contributed by atoms with E-state index in [9.17, 15) is 66.6 Å². The predicted octanol–water partition coefficient (Wildman–Crippen LogP) is 6.82. The minimum absolute atomic E-state index is 0.0104. The van der Waals surface area contributed by atoms with Gasteiger partial charge in [-0.05, 0) is 86.8 Å². The molecule has 0 aromatic heterocycles. The highest BCUT2D eigenvalue weighted by Gasteiger charge is 2.40. The van der Waals surface area contributed by atoms with E-state index in [0.717, 1.165) is 31.4 Å². The van der Waals surface area contributed by atoms with Crippen LogP contribution in [-0.2, 0) is 26.7 Å². The van der Waals surface area contributed by atoms with E-state index in [4.69, 9.17) is 19.7 Å². The summed E-state index contributed by atoms with van der Waals surface area (Å²) in [4.78, 5) is 21.6. The van der Waals surface area contributed by atoms with Crippen LogP contribution in [0, 0.1) is 23.7 Å². The Kier molecular flexibility index (Phi) is 26.0. The number of methoxy groups -OCH3 is 1. The molecule has 8 N–H and O–H groups in total. The summed E-state index contributed by atoms with van der Waals surface area (Å²) < 4.78 is 91.7. The maximum Gasteiger partial charge on any atom is 0.416 e. The van der Waals surface area contributed by atoms with E-state index in [0.29, 0.717) is 44.9 Å². The van der Waals surface area contributed by atoms with Crippen LogP contribution < -0.4 is 9.47 Å². The average Bonchev–Trinajstić information content (AvgIpc) is 3.72. The average molecular weight is 963 g/mol. The largest absolute Gasteiger partial charge is 0.491 e. The van der Waals surface area contributed by atoms with Gasteiger partial charge in [0.25, 0.3) is 0 Å². The summed E-state index contributed by atoms with van der Waals surface area (Å²) in [7, 11) is 2.34. The van der Waals surface area contributed by atoms with Gasteiger partial charge in [0.05, 0.1) is 42.7 Å². The van der Waals surface area contributed by atoms with Crippen LogP contribution in [0.3, 0.4) is 0 Å². The number of carboxylic acid groups (broad SMARTS) is 1. The van der Waals surface area contributed by atoms with Crippen LogP contribution in [0.5, 0.6) is 11.5 Å². The van der Waals surface area contributed by atoms with E-state index < -0.39 is 72.0 Å². The lowest BCUT2D eigenvalue weighted by molar-refractivity contribution is -0.141. The summed E-state index contributed by atoms with van der Waals surface area (Å²) in [6.45, 7) is -0.523. The smallest absolute Gasteiger partial charge is 0.416 e. The van der Waals surface area contributed by atoms with Crippen LogP contribution in [0.25, 0.3) is 0 Å². The van der Waals surface area contributed by atoms with E-state index in [-0.39, 0.29) is 67.7 Å². The van der Waals surface area contributed by atoms with Gasteiger partial charge in [-0.2, -0.15) is 26.3 Å². The fourth-order valence-electron chi connectivity index (χ4n) is 7.50. The van der Waals surface area contributed by atoms with Gasteiger partial charge in [-0.3, -0.25) is 9.59 Å². The van der Waals surface area contributed by atoms with Crippen molar-refractivity contribution in [3.05, 3.63) is 108 Å². The second-order valence-corrected chi connectivity index (χ2v) is 16.0. The standard InChI is InChI=1S/C24H31F3O6.C23H29F3O6.CH4O/c1-32-23(31)10-5-3-2-4-9-19-20(22(30)14-21(19)29)12-11-17(28)15-33-18-8-6-7-16(13-18)24(25,26)27;24-23(25,26)15-6-5-7-17(12-15)32-14-16(27)10-11-19-18(20(28)13-21(19)29)8-3-1-2-4-9-22(30)31;1-2/h2,4,6-8,11-13,17,19-22,28-30H,3,5,9-10,14-15H2,1H3;1,3,5-7,10-12,16,18-21,27-29H,2,4,8-9,13-14H2,(H,30,31);2H,1H3/b4-2-,12-11+;3-1-,11-10+;/t17-,19-,20-,21+,22-;16-,18-,19-,20+,21-;/m11./s1. The maximum absolute atomic E-state index is 12.8. The molecular formula is C48H64F6O13. The van der Waals surface area contributed by atoms with Crippen molar-refractivity contribution in [2.24, 2.45) is 23.7 Å². The number of benzene rings is 2. The molecule has 19 heteroatoms. The summed E-state index contributed by atoms with van der Waals surface area (Å²) >= 11 is 0. The Bertz CT molecular complexity index is 1870. The Morgan fingerprint density at radius 3 is 1.43 bits per heavy atom. The molecule has 0 heterocycles. The fourth-order valence-corrected chi connectivity index (χ4v) is 7.50. The fraction of sp³-hybridized carbons (Fsp3) is 0.542. The lowest BCUT2D eigenvalue weighted by atomic mass is 9.89. The number of carboxylic acids is 1. The van der Waals surface area contributed by atoms with Crippen molar-refractivity contribution in [3.63, 3.8) is 0 Å². The SMILES string of the molecule is CO.COC(=O)CCC/C=C\C[C@@H]1[C@@H](/C=C/[C@@H](O)COc2cccc(C(F)(F)F)c2)[C@H](O)C[C@@H]1O.O=C(O)CCC/C=C\C[C@@H]1[C@@H](/C=C/[C@@H](O)COc2cccc(C(F)(F)F)c2)[C@H](O)C[C@@H]1O. The van der Waals surface area contributed by atoms with E-state index in [2.05, 4.69) is 4.74 Å². The number of carbonyl (C=O) groups is 2. The molecule has 0 bridgehead atoms. The van der Waals surface area contributed by atoms with Gasteiger partial charge in [-0.25, -0.2) is 0 Å².